The summed E-state index contributed by atoms with van der Waals surface area (Å²) in [6.45, 7) is 9.05. The largest absolute Gasteiger partial charge is 0.437 e. The van der Waals surface area contributed by atoms with Gasteiger partial charge in [-0.25, -0.2) is 4.98 Å². The number of aromatic nitrogens is 2. The molecule has 1 heterocycles. The molecule has 1 aromatic heterocycles. The summed E-state index contributed by atoms with van der Waals surface area (Å²) in [7, 11) is 0. The van der Waals surface area contributed by atoms with Gasteiger partial charge in [0.05, 0.1) is 11.9 Å². The number of benzene rings is 1. The van der Waals surface area contributed by atoms with Gasteiger partial charge in [0.2, 0.25) is 5.88 Å². The number of hydrogen-bond acceptors (Lipinski definition) is 4. The summed E-state index contributed by atoms with van der Waals surface area (Å²) in [5, 5.41) is 3.38. The first kappa shape index (κ1) is 14.5. The van der Waals surface area contributed by atoms with Crippen LogP contribution in [0.2, 0.25) is 0 Å². The molecular formula is C16H21N3O. The van der Waals surface area contributed by atoms with Gasteiger partial charge in [0.15, 0.2) is 0 Å². The predicted octanol–water partition coefficient (Wildman–Crippen LogP) is 3.47. The van der Waals surface area contributed by atoms with Crippen LogP contribution < -0.4 is 10.1 Å². The monoisotopic (exact) mass is 271 g/mol. The maximum atomic E-state index is 5.73. The van der Waals surface area contributed by atoms with Gasteiger partial charge in [0, 0.05) is 18.3 Å². The molecule has 4 heteroatoms. The highest BCUT2D eigenvalue weighted by Crippen LogP contribution is 2.19. The molecule has 1 aromatic carbocycles. The third-order valence-electron chi connectivity index (χ3n) is 2.67. The molecule has 0 amide bonds. The van der Waals surface area contributed by atoms with Crippen molar-refractivity contribution >= 4 is 0 Å². The van der Waals surface area contributed by atoms with Gasteiger partial charge in [-0.1, -0.05) is 12.1 Å². The quantitative estimate of drug-likeness (QED) is 0.925. The Labute approximate surface area is 120 Å². The number of nitrogens with zero attached hydrogens (tertiary/aromatic N) is 2. The van der Waals surface area contributed by atoms with Gasteiger partial charge < -0.3 is 10.1 Å². The lowest BCUT2D eigenvalue weighted by Gasteiger charge is -2.20. The number of aryl methyl sites for hydroxylation is 1. The summed E-state index contributed by atoms with van der Waals surface area (Å²) in [6.07, 6.45) is 3.38. The van der Waals surface area contributed by atoms with E-state index in [4.69, 9.17) is 4.74 Å². The van der Waals surface area contributed by atoms with E-state index in [0.29, 0.717) is 12.4 Å². The molecule has 0 fully saturated rings. The zero-order chi connectivity index (χ0) is 14.6. The van der Waals surface area contributed by atoms with E-state index in [0.717, 1.165) is 17.0 Å². The molecule has 2 aromatic rings. The first-order valence-corrected chi connectivity index (χ1v) is 6.73. The Morgan fingerprint density at radius 2 is 2.00 bits per heavy atom. The van der Waals surface area contributed by atoms with Crippen molar-refractivity contribution in [1.82, 2.24) is 15.3 Å². The van der Waals surface area contributed by atoms with Crippen LogP contribution in [0.1, 0.15) is 32.0 Å². The minimum absolute atomic E-state index is 0.0507. The van der Waals surface area contributed by atoms with Gasteiger partial charge >= 0.3 is 0 Å². The maximum absolute atomic E-state index is 5.73. The van der Waals surface area contributed by atoms with E-state index in [1.54, 1.807) is 12.4 Å². The number of ether oxygens (including phenoxy) is 1. The van der Waals surface area contributed by atoms with Crippen molar-refractivity contribution in [3.8, 4) is 11.6 Å². The van der Waals surface area contributed by atoms with Crippen LogP contribution >= 0.6 is 0 Å². The number of hydrogen-bond donors (Lipinski definition) is 1. The molecular weight excluding hydrogens is 250 g/mol. The molecule has 0 saturated carbocycles. The second-order valence-corrected chi connectivity index (χ2v) is 5.87. The van der Waals surface area contributed by atoms with Gasteiger partial charge in [-0.15, -0.1) is 0 Å². The highest BCUT2D eigenvalue weighted by molar-refractivity contribution is 5.30. The summed E-state index contributed by atoms with van der Waals surface area (Å²) >= 11 is 0. The SMILES string of the molecule is Cc1cccc(Oc2cncc(CNC(C)(C)C)n2)c1. The molecule has 0 aliphatic rings. The molecule has 4 nitrogen and oxygen atoms in total. The smallest absolute Gasteiger partial charge is 0.238 e. The second kappa shape index (κ2) is 6.01. The molecule has 2 rings (SSSR count). The van der Waals surface area contributed by atoms with E-state index in [1.165, 1.54) is 0 Å². The molecule has 20 heavy (non-hydrogen) atoms. The average molecular weight is 271 g/mol. The Balaban J connectivity index is 2.06. The molecule has 0 radical (unpaired) electrons. The Bertz CT molecular complexity index is 576. The normalized spacial score (nSPS) is 11.4. The fourth-order valence-electron chi connectivity index (χ4n) is 1.68. The van der Waals surface area contributed by atoms with Gasteiger partial charge in [-0.2, -0.15) is 0 Å². The summed E-state index contributed by atoms with van der Waals surface area (Å²) in [5.41, 5.74) is 2.07. The van der Waals surface area contributed by atoms with Crippen molar-refractivity contribution < 1.29 is 4.74 Å². The first-order valence-electron chi connectivity index (χ1n) is 6.73. The van der Waals surface area contributed by atoms with E-state index in [2.05, 4.69) is 36.1 Å². The third-order valence-corrected chi connectivity index (χ3v) is 2.67. The maximum Gasteiger partial charge on any atom is 0.238 e. The highest BCUT2D eigenvalue weighted by atomic mass is 16.5. The lowest BCUT2D eigenvalue weighted by molar-refractivity contribution is 0.414. The van der Waals surface area contributed by atoms with Gasteiger partial charge in [-0.05, 0) is 45.4 Å². The van der Waals surface area contributed by atoms with Crippen molar-refractivity contribution in [2.24, 2.45) is 0 Å². The van der Waals surface area contributed by atoms with E-state index in [-0.39, 0.29) is 5.54 Å². The van der Waals surface area contributed by atoms with Crippen LogP contribution in [-0.2, 0) is 6.54 Å². The average Bonchev–Trinajstić information content (AvgIpc) is 2.36. The fourth-order valence-corrected chi connectivity index (χ4v) is 1.68. The minimum atomic E-state index is 0.0507. The van der Waals surface area contributed by atoms with Crippen LogP contribution in [0.3, 0.4) is 0 Å². The molecule has 0 saturated heterocycles. The fraction of sp³-hybridized carbons (Fsp3) is 0.375. The molecule has 1 N–H and O–H groups in total. The van der Waals surface area contributed by atoms with Crippen LogP contribution in [0.15, 0.2) is 36.7 Å². The number of nitrogens with one attached hydrogen (secondary N) is 1. The lowest BCUT2D eigenvalue weighted by Crippen LogP contribution is -2.35. The summed E-state index contributed by atoms with van der Waals surface area (Å²) in [6, 6.07) is 7.88. The Hall–Kier alpha value is -1.94. The van der Waals surface area contributed by atoms with Gasteiger partial charge in [0.1, 0.15) is 5.75 Å². The topological polar surface area (TPSA) is 47.0 Å². The zero-order valence-corrected chi connectivity index (χ0v) is 12.5. The van der Waals surface area contributed by atoms with Gasteiger partial charge in [0.25, 0.3) is 0 Å². The first-order chi connectivity index (χ1) is 9.42. The van der Waals surface area contributed by atoms with Crippen molar-refractivity contribution in [1.29, 1.82) is 0 Å². The Morgan fingerprint density at radius 1 is 1.20 bits per heavy atom. The van der Waals surface area contributed by atoms with Crippen LogP contribution in [0.4, 0.5) is 0 Å². The summed E-state index contributed by atoms with van der Waals surface area (Å²) < 4.78 is 5.73. The van der Waals surface area contributed by atoms with E-state index >= 15 is 0 Å². The van der Waals surface area contributed by atoms with Crippen molar-refractivity contribution in [2.45, 2.75) is 39.8 Å². The van der Waals surface area contributed by atoms with Crippen LogP contribution in [0.5, 0.6) is 11.6 Å². The number of rotatable bonds is 4. The Morgan fingerprint density at radius 3 is 2.70 bits per heavy atom. The van der Waals surface area contributed by atoms with E-state index in [1.807, 2.05) is 31.2 Å². The molecule has 0 aliphatic heterocycles. The lowest BCUT2D eigenvalue weighted by atomic mass is 10.1. The van der Waals surface area contributed by atoms with E-state index in [9.17, 15) is 0 Å². The molecule has 106 valence electrons. The Kier molecular flexibility index (Phi) is 4.35. The molecule has 0 unspecified atom stereocenters. The van der Waals surface area contributed by atoms with Crippen molar-refractivity contribution in [3.05, 3.63) is 47.9 Å². The molecule has 0 atom stereocenters. The predicted molar refractivity (Wildman–Crippen MR) is 79.9 cm³/mol. The molecule has 0 spiro atoms. The standard InChI is InChI=1S/C16H21N3O/c1-12-6-5-7-14(8-12)20-15-11-17-9-13(19-15)10-18-16(2,3)4/h5-9,11,18H,10H2,1-4H3. The molecule has 0 aliphatic carbocycles. The van der Waals surface area contributed by atoms with E-state index < -0.39 is 0 Å². The minimum Gasteiger partial charge on any atom is -0.437 e. The molecule has 0 bridgehead atoms. The van der Waals surface area contributed by atoms with Crippen molar-refractivity contribution in [3.63, 3.8) is 0 Å². The highest BCUT2D eigenvalue weighted by Gasteiger charge is 2.09. The summed E-state index contributed by atoms with van der Waals surface area (Å²) in [5.74, 6) is 1.30. The second-order valence-electron chi connectivity index (χ2n) is 5.87. The van der Waals surface area contributed by atoms with Crippen LogP contribution in [0, 0.1) is 6.92 Å². The summed E-state index contributed by atoms with van der Waals surface area (Å²) in [4.78, 5) is 8.63. The van der Waals surface area contributed by atoms with Gasteiger partial charge in [-0.3, -0.25) is 4.98 Å². The third kappa shape index (κ3) is 4.63. The van der Waals surface area contributed by atoms with Crippen molar-refractivity contribution in [2.75, 3.05) is 0 Å². The zero-order valence-electron chi connectivity index (χ0n) is 12.5. The van der Waals surface area contributed by atoms with Crippen LogP contribution in [-0.4, -0.2) is 15.5 Å². The van der Waals surface area contributed by atoms with Crippen LogP contribution in [0.25, 0.3) is 0 Å².